The first-order valence-electron chi connectivity index (χ1n) is 8.72. The second-order valence-electron chi connectivity index (χ2n) is 6.21. The standard InChI is InChI=1S/C19H24N4O2/c1-14-20-16(13-18(21-14)23-11-7-3-4-8-12-23)19(24)22-15-9-5-6-10-17(15)25-2/h5-6,9-10,13H,3-4,7-8,11-12H2,1-2H3,(H,22,24). The van der Waals surface area contributed by atoms with Crippen molar-refractivity contribution in [1.82, 2.24) is 9.97 Å². The SMILES string of the molecule is COc1ccccc1NC(=O)c1cc(N2CCCCCC2)nc(C)n1. The molecule has 1 aromatic carbocycles. The van der Waals surface area contributed by atoms with Crippen LogP contribution in [0.1, 0.15) is 42.0 Å². The smallest absolute Gasteiger partial charge is 0.274 e. The molecule has 1 N–H and O–H groups in total. The third-order valence-electron chi connectivity index (χ3n) is 4.34. The third-order valence-corrected chi connectivity index (χ3v) is 4.34. The van der Waals surface area contributed by atoms with Crippen molar-refractivity contribution in [3.63, 3.8) is 0 Å². The van der Waals surface area contributed by atoms with E-state index in [0.717, 1.165) is 31.7 Å². The summed E-state index contributed by atoms with van der Waals surface area (Å²) in [6, 6.07) is 9.11. The number of aromatic nitrogens is 2. The number of hydrogen-bond acceptors (Lipinski definition) is 5. The number of para-hydroxylation sites is 2. The molecule has 0 radical (unpaired) electrons. The molecule has 0 aliphatic carbocycles. The van der Waals surface area contributed by atoms with Crippen molar-refractivity contribution >= 4 is 17.4 Å². The number of benzene rings is 1. The second kappa shape index (κ2) is 7.96. The number of nitrogens with zero attached hydrogens (tertiary/aromatic N) is 3. The van der Waals surface area contributed by atoms with Gasteiger partial charge in [-0.3, -0.25) is 4.79 Å². The lowest BCUT2D eigenvalue weighted by molar-refractivity contribution is 0.102. The quantitative estimate of drug-likeness (QED) is 0.923. The van der Waals surface area contributed by atoms with Crippen molar-refractivity contribution in [2.75, 3.05) is 30.4 Å². The molecule has 0 saturated carbocycles. The van der Waals surface area contributed by atoms with E-state index >= 15 is 0 Å². The monoisotopic (exact) mass is 340 g/mol. The fourth-order valence-electron chi connectivity index (χ4n) is 3.06. The fraction of sp³-hybridized carbons (Fsp3) is 0.421. The van der Waals surface area contributed by atoms with Gasteiger partial charge in [-0.25, -0.2) is 9.97 Å². The summed E-state index contributed by atoms with van der Waals surface area (Å²) in [5.74, 6) is 1.80. The summed E-state index contributed by atoms with van der Waals surface area (Å²) in [5, 5.41) is 2.87. The summed E-state index contributed by atoms with van der Waals surface area (Å²) in [4.78, 5) is 23.8. The van der Waals surface area contributed by atoms with Crippen LogP contribution < -0.4 is 15.0 Å². The number of amides is 1. The Morgan fingerprint density at radius 1 is 1.12 bits per heavy atom. The summed E-state index contributed by atoms with van der Waals surface area (Å²) in [6.07, 6.45) is 4.82. The van der Waals surface area contributed by atoms with Crippen LogP contribution in [0.5, 0.6) is 5.75 Å². The van der Waals surface area contributed by atoms with Crippen LogP contribution in [0.4, 0.5) is 11.5 Å². The van der Waals surface area contributed by atoms with E-state index in [1.54, 1.807) is 19.2 Å². The van der Waals surface area contributed by atoms with Gasteiger partial charge in [0, 0.05) is 19.2 Å². The van der Waals surface area contributed by atoms with Gasteiger partial charge in [0.1, 0.15) is 23.1 Å². The molecule has 3 rings (SSSR count). The van der Waals surface area contributed by atoms with Gasteiger partial charge in [0.05, 0.1) is 12.8 Å². The van der Waals surface area contributed by atoms with E-state index in [1.165, 1.54) is 12.8 Å². The second-order valence-corrected chi connectivity index (χ2v) is 6.21. The molecule has 0 bridgehead atoms. The number of aryl methyl sites for hydroxylation is 1. The third kappa shape index (κ3) is 4.26. The van der Waals surface area contributed by atoms with Crippen LogP contribution in [0.25, 0.3) is 0 Å². The number of rotatable bonds is 4. The van der Waals surface area contributed by atoms with Crippen LogP contribution in [0.15, 0.2) is 30.3 Å². The van der Waals surface area contributed by atoms with Crippen molar-refractivity contribution in [3.8, 4) is 5.75 Å². The van der Waals surface area contributed by atoms with Crippen molar-refractivity contribution in [2.45, 2.75) is 32.6 Å². The van der Waals surface area contributed by atoms with Crippen LogP contribution in [-0.2, 0) is 0 Å². The Bertz CT molecular complexity index is 740. The molecular formula is C19H24N4O2. The molecule has 1 amide bonds. The molecule has 2 aromatic rings. The summed E-state index contributed by atoms with van der Waals surface area (Å²) in [6.45, 7) is 3.77. The highest BCUT2D eigenvalue weighted by atomic mass is 16.5. The first-order chi connectivity index (χ1) is 12.2. The van der Waals surface area contributed by atoms with Crippen LogP contribution in [0, 0.1) is 6.92 Å². The molecular weight excluding hydrogens is 316 g/mol. The van der Waals surface area contributed by atoms with Crippen molar-refractivity contribution in [2.24, 2.45) is 0 Å². The summed E-state index contributed by atoms with van der Waals surface area (Å²) in [5.41, 5.74) is 1.00. The Morgan fingerprint density at radius 2 is 1.84 bits per heavy atom. The van der Waals surface area contributed by atoms with Crippen LogP contribution in [0.3, 0.4) is 0 Å². The number of carbonyl (C=O) groups excluding carboxylic acids is 1. The number of anilines is 2. The first-order valence-corrected chi connectivity index (χ1v) is 8.72. The van der Waals surface area contributed by atoms with E-state index in [4.69, 9.17) is 4.74 Å². The largest absolute Gasteiger partial charge is 0.495 e. The van der Waals surface area contributed by atoms with Gasteiger partial charge in [0.15, 0.2) is 0 Å². The normalized spacial score (nSPS) is 14.7. The summed E-state index contributed by atoms with van der Waals surface area (Å²) in [7, 11) is 1.58. The number of hydrogen-bond donors (Lipinski definition) is 1. The van der Waals surface area contributed by atoms with Gasteiger partial charge >= 0.3 is 0 Å². The van der Waals surface area contributed by atoms with Gasteiger partial charge in [0.2, 0.25) is 0 Å². The lowest BCUT2D eigenvalue weighted by Gasteiger charge is -2.22. The molecule has 0 atom stereocenters. The minimum absolute atomic E-state index is 0.258. The maximum atomic E-state index is 12.7. The molecule has 1 saturated heterocycles. The molecule has 25 heavy (non-hydrogen) atoms. The first kappa shape index (κ1) is 17.2. The topological polar surface area (TPSA) is 67.3 Å². The number of methoxy groups -OCH3 is 1. The molecule has 6 heteroatoms. The Kier molecular flexibility index (Phi) is 5.48. The highest BCUT2D eigenvalue weighted by Crippen LogP contribution is 2.24. The Hall–Kier alpha value is -2.63. The van der Waals surface area contributed by atoms with E-state index in [-0.39, 0.29) is 5.91 Å². The van der Waals surface area contributed by atoms with Crippen LogP contribution >= 0.6 is 0 Å². The van der Waals surface area contributed by atoms with Gasteiger partial charge in [-0.2, -0.15) is 0 Å². The summed E-state index contributed by atoms with van der Waals surface area (Å²) < 4.78 is 5.28. The highest BCUT2D eigenvalue weighted by molar-refractivity contribution is 6.04. The molecule has 2 heterocycles. The molecule has 6 nitrogen and oxygen atoms in total. The molecule has 1 aromatic heterocycles. The van der Waals surface area contributed by atoms with E-state index in [9.17, 15) is 4.79 Å². The zero-order chi connectivity index (χ0) is 17.6. The van der Waals surface area contributed by atoms with E-state index < -0.39 is 0 Å². The number of ether oxygens (including phenoxy) is 1. The minimum Gasteiger partial charge on any atom is -0.495 e. The molecule has 0 unspecified atom stereocenters. The molecule has 132 valence electrons. The predicted molar refractivity (Wildman–Crippen MR) is 98.4 cm³/mol. The molecule has 0 spiro atoms. The number of carbonyl (C=O) groups is 1. The maximum Gasteiger partial charge on any atom is 0.274 e. The Balaban J connectivity index is 1.82. The van der Waals surface area contributed by atoms with Crippen LogP contribution in [0.2, 0.25) is 0 Å². The van der Waals surface area contributed by atoms with Gasteiger partial charge < -0.3 is 15.0 Å². The van der Waals surface area contributed by atoms with E-state index in [2.05, 4.69) is 20.2 Å². The van der Waals surface area contributed by atoms with Gasteiger partial charge in [-0.15, -0.1) is 0 Å². The molecule has 1 fully saturated rings. The number of nitrogens with one attached hydrogen (secondary N) is 1. The Morgan fingerprint density at radius 3 is 2.56 bits per heavy atom. The molecule has 1 aliphatic rings. The zero-order valence-electron chi connectivity index (χ0n) is 14.8. The van der Waals surface area contributed by atoms with Crippen molar-refractivity contribution < 1.29 is 9.53 Å². The van der Waals surface area contributed by atoms with Gasteiger partial charge in [-0.05, 0) is 31.9 Å². The lowest BCUT2D eigenvalue weighted by atomic mass is 10.2. The van der Waals surface area contributed by atoms with E-state index in [0.29, 0.717) is 23.0 Å². The van der Waals surface area contributed by atoms with Crippen molar-refractivity contribution in [3.05, 3.63) is 41.9 Å². The average Bonchev–Trinajstić information content (AvgIpc) is 2.91. The fourth-order valence-corrected chi connectivity index (χ4v) is 3.06. The van der Waals surface area contributed by atoms with Gasteiger partial charge in [0.25, 0.3) is 5.91 Å². The average molecular weight is 340 g/mol. The van der Waals surface area contributed by atoms with Crippen molar-refractivity contribution in [1.29, 1.82) is 0 Å². The molecule has 1 aliphatic heterocycles. The minimum atomic E-state index is -0.258. The maximum absolute atomic E-state index is 12.7. The highest BCUT2D eigenvalue weighted by Gasteiger charge is 2.17. The summed E-state index contributed by atoms with van der Waals surface area (Å²) >= 11 is 0. The van der Waals surface area contributed by atoms with Crippen LogP contribution in [-0.4, -0.2) is 36.1 Å². The van der Waals surface area contributed by atoms with E-state index in [1.807, 2.05) is 25.1 Å². The zero-order valence-corrected chi connectivity index (χ0v) is 14.8. The van der Waals surface area contributed by atoms with Gasteiger partial charge in [-0.1, -0.05) is 25.0 Å². The Labute approximate surface area is 148 Å². The lowest BCUT2D eigenvalue weighted by Crippen LogP contribution is -2.26. The predicted octanol–water partition coefficient (Wildman–Crippen LogP) is 3.43.